The van der Waals surface area contributed by atoms with Gasteiger partial charge in [0.2, 0.25) is 0 Å². The smallest absolute Gasteiger partial charge is 0.326 e. The van der Waals surface area contributed by atoms with Gasteiger partial charge in [-0.15, -0.1) is 11.6 Å². The van der Waals surface area contributed by atoms with Crippen LogP contribution in [0.2, 0.25) is 0 Å². The molecule has 0 bridgehead atoms. The molecule has 0 aromatic heterocycles. The summed E-state index contributed by atoms with van der Waals surface area (Å²) in [7, 11) is 0. The van der Waals surface area contributed by atoms with Gasteiger partial charge in [0.25, 0.3) is 0 Å². The molecular weight excluding hydrogens is 220 g/mol. The van der Waals surface area contributed by atoms with E-state index < -0.39 is 11.9 Å². The lowest BCUT2D eigenvalue weighted by atomic mass is 10.1. The summed E-state index contributed by atoms with van der Waals surface area (Å²) in [6.45, 7) is 0. The number of hydrogen-bond donors (Lipinski definition) is 1. The number of aliphatic carboxylic acids is 1. The first-order valence-corrected chi connectivity index (χ1v) is 4.73. The van der Waals surface area contributed by atoms with Crippen molar-refractivity contribution in [1.29, 1.82) is 0 Å². The number of carbonyl (C=O) groups is 2. The van der Waals surface area contributed by atoms with E-state index in [1.54, 1.807) is 18.2 Å². The van der Waals surface area contributed by atoms with Crippen LogP contribution in [-0.2, 0) is 16.0 Å². The third-order valence-electron chi connectivity index (χ3n) is 1.65. The third-order valence-corrected chi connectivity index (χ3v) is 1.87. The first-order valence-electron chi connectivity index (χ1n) is 4.20. The summed E-state index contributed by atoms with van der Waals surface area (Å²) in [5.41, 5.74) is 0.448. The van der Waals surface area contributed by atoms with Gasteiger partial charge in [0, 0.05) is 5.56 Å². The van der Waals surface area contributed by atoms with E-state index in [0.29, 0.717) is 5.56 Å². The monoisotopic (exact) mass is 228 g/mol. The molecule has 80 valence electrons. The predicted molar refractivity (Wildman–Crippen MR) is 54.1 cm³/mol. The van der Waals surface area contributed by atoms with E-state index in [-0.39, 0.29) is 18.1 Å². The van der Waals surface area contributed by atoms with Crippen LogP contribution in [0.4, 0.5) is 0 Å². The van der Waals surface area contributed by atoms with Gasteiger partial charge in [0.05, 0.1) is 6.42 Å². The highest BCUT2D eigenvalue weighted by molar-refractivity contribution is 6.26. The van der Waals surface area contributed by atoms with Crippen LogP contribution in [0, 0.1) is 0 Å². The van der Waals surface area contributed by atoms with Gasteiger partial charge < -0.3 is 9.84 Å². The lowest BCUT2D eigenvalue weighted by molar-refractivity contribution is -0.136. The normalized spacial score (nSPS) is 9.67. The summed E-state index contributed by atoms with van der Waals surface area (Å²) in [5.74, 6) is -1.61. The van der Waals surface area contributed by atoms with Crippen LogP contribution < -0.4 is 4.74 Å². The van der Waals surface area contributed by atoms with Crippen LogP contribution in [-0.4, -0.2) is 22.9 Å². The van der Waals surface area contributed by atoms with Gasteiger partial charge in [0.1, 0.15) is 11.6 Å². The van der Waals surface area contributed by atoms with E-state index in [0.717, 1.165) is 0 Å². The number of esters is 1. The Hall–Kier alpha value is -1.55. The summed E-state index contributed by atoms with van der Waals surface area (Å²) < 4.78 is 4.86. The minimum atomic E-state index is -0.982. The number of carboxylic acid groups (broad SMARTS) is 1. The highest BCUT2D eigenvalue weighted by Crippen LogP contribution is 2.18. The van der Waals surface area contributed by atoms with E-state index in [4.69, 9.17) is 21.4 Å². The maximum atomic E-state index is 10.9. The second kappa shape index (κ2) is 5.36. The molecule has 1 aromatic rings. The first-order chi connectivity index (χ1) is 7.13. The molecular formula is C10H9ClO4. The van der Waals surface area contributed by atoms with Gasteiger partial charge in [-0.2, -0.15) is 0 Å². The van der Waals surface area contributed by atoms with Crippen molar-refractivity contribution in [2.75, 3.05) is 5.88 Å². The van der Waals surface area contributed by atoms with E-state index >= 15 is 0 Å². The van der Waals surface area contributed by atoms with E-state index in [1.165, 1.54) is 6.07 Å². The summed E-state index contributed by atoms with van der Waals surface area (Å²) in [4.78, 5) is 21.4. The molecule has 0 heterocycles. The molecule has 0 radical (unpaired) electrons. The highest BCUT2D eigenvalue weighted by Gasteiger charge is 2.10. The van der Waals surface area contributed by atoms with Crippen LogP contribution in [0.5, 0.6) is 5.75 Å². The zero-order chi connectivity index (χ0) is 11.3. The summed E-state index contributed by atoms with van der Waals surface area (Å²) in [6, 6.07) is 6.45. The summed E-state index contributed by atoms with van der Waals surface area (Å²) in [6.07, 6.45) is -0.189. The topological polar surface area (TPSA) is 63.6 Å². The molecule has 0 atom stereocenters. The van der Waals surface area contributed by atoms with Crippen LogP contribution in [0.25, 0.3) is 0 Å². The van der Waals surface area contributed by atoms with Gasteiger partial charge in [0.15, 0.2) is 0 Å². The second-order valence-corrected chi connectivity index (χ2v) is 3.05. The van der Waals surface area contributed by atoms with Crippen LogP contribution >= 0.6 is 11.6 Å². The fourth-order valence-electron chi connectivity index (χ4n) is 1.06. The number of benzene rings is 1. The lowest BCUT2D eigenvalue weighted by Crippen LogP contribution is -2.11. The zero-order valence-electron chi connectivity index (χ0n) is 7.77. The molecule has 0 saturated heterocycles. The molecule has 1 rings (SSSR count). The number of rotatable bonds is 4. The van der Waals surface area contributed by atoms with Crippen molar-refractivity contribution in [3.63, 3.8) is 0 Å². The number of carbonyl (C=O) groups excluding carboxylic acids is 1. The fraction of sp³-hybridized carbons (Fsp3) is 0.200. The molecule has 0 saturated carbocycles. The molecule has 4 nitrogen and oxygen atoms in total. The molecule has 0 unspecified atom stereocenters. The van der Waals surface area contributed by atoms with E-state index in [1.807, 2.05) is 0 Å². The van der Waals surface area contributed by atoms with Crippen molar-refractivity contribution in [2.24, 2.45) is 0 Å². The third kappa shape index (κ3) is 3.59. The maximum absolute atomic E-state index is 10.9. The average molecular weight is 229 g/mol. The molecule has 15 heavy (non-hydrogen) atoms. The van der Waals surface area contributed by atoms with Gasteiger partial charge in [-0.25, -0.2) is 0 Å². The van der Waals surface area contributed by atoms with Crippen molar-refractivity contribution in [3.8, 4) is 5.75 Å². The minimum absolute atomic E-state index is 0.189. The molecule has 1 N–H and O–H groups in total. The highest BCUT2D eigenvalue weighted by atomic mass is 35.5. The van der Waals surface area contributed by atoms with Crippen molar-refractivity contribution in [1.82, 2.24) is 0 Å². The Morgan fingerprint density at radius 3 is 2.60 bits per heavy atom. The fourth-order valence-corrected chi connectivity index (χ4v) is 1.12. The number of carboxylic acids is 1. The molecule has 0 aliphatic rings. The van der Waals surface area contributed by atoms with Crippen LogP contribution in [0.1, 0.15) is 5.56 Å². The number of alkyl halides is 1. The van der Waals surface area contributed by atoms with Crippen LogP contribution in [0.15, 0.2) is 24.3 Å². The molecule has 0 amide bonds. The lowest BCUT2D eigenvalue weighted by Gasteiger charge is -2.06. The van der Waals surface area contributed by atoms with Crippen molar-refractivity contribution in [2.45, 2.75) is 6.42 Å². The first kappa shape index (κ1) is 11.5. The van der Waals surface area contributed by atoms with E-state index in [2.05, 4.69) is 0 Å². The Morgan fingerprint density at radius 1 is 1.33 bits per heavy atom. The van der Waals surface area contributed by atoms with E-state index in [9.17, 15) is 9.59 Å². The molecule has 1 aromatic carbocycles. The molecule has 0 fully saturated rings. The zero-order valence-corrected chi connectivity index (χ0v) is 8.53. The maximum Gasteiger partial charge on any atom is 0.326 e. The molecule has 0 aliphatic heterocycles. The van der Waals surface area contributed by atoms with Crippen molar-refractivity contribution < 1.29 is 19.4 Å². The largest absolute Gasteiger partial charge is 0.481 e. The Labute approximate surface area is 91.4 Å². The Balaban J connectivity index is 2.85. The van der Waals surface area contributed by atoms with Gasteiger partial charge in [-0.1, -0.05) is 18.2 Å². The standard InChI is InChI=1S/C10H9ClO4/c11-6-10(14)15-8-4-2-1-3-7(8)5-9(12)13/h1-4H,5-6H2,(H,12,13). The second-order valence-electron chi connectivity index (χ2n) is 2.79. The molecule has 0 spiro atoms. The number of halogens is 1. The SMILES string of the molecule is O=C(O)Cc1ccccc1OC(=O)CCl. The van der Waals surface area contributed by atoms with Crippen molar-refractivity contribution in [3.05, 3.63) is 29.8 Å². The number of ether oxygens (including phenoxy) is 1. The van der Waals surface area contributed by atoms with Crippen LogP contribution in [0.3, 0.4) is 0 Å². The summed E-state index contributed by atoms with van der Waals surface area (Å²) >= 11 is 5.27. The Morgan fingerprint density at radius 2 is 2.00 bits per heavy atom. The quantitative estimate of drug-likeness (QED) is 0.481. The van der Waals surface area contributed by atoms with Gasteiger partial charge >= 0.3 is 11.9 Å². The molecule has 0 aliphatic carbocycles. The number of hydrogen-bond acceptors (Lipinski definition) is 3. The van der Waals surface area contributed by atoms with Crippen molar-refractivity contribution >= 4 is 23.5 Å². The number of para-hydroxylation sites is 1. The Kier molecular flexibility index (Phi) is 4.12. The van der Waals surface area contributed by atoms with Gasteiger partial charge in [-0.05, 0) is 6.07 Å². The Bertz CT molecular complexity index is 375. The predicted octanol–water partition coefficient (Wildman–Crippen LogP) is 1.46. The summed E-state index contributed by atoms with van der Waals surface area (Å²) in [5, 5.41) is 8.62. The molecule has 5 heteroatoms. The minimum Gasteiger partial charge on any atom is -0.481 e. The van der Waals surface area contributed by atoms with Gasteiger partial charge in [-0.3, -0.25) is 9.59 Å². The average Bonchev–Trinajstić information content (AvgIpc) is 2.20.